The molecule has 0 aliphatic heterocycles. The van der Waals surface area contributed by atoms with Crippen LogP contribution in [0.15, 0.2) is 48.7 Å². The number of nitrogens with zero attached hydrogens (tertiary/aromatic N) is 3. The monoisotopic (exact) mass is 306 g/mol. The van der Waals surface area contributed by atoms with E-state index in [2.05, 4.69) is 48.4 Å². The van der Waals surface area contributed by atoms with E-state index >= 15 is 0 Å². The summed E-state index contributed by atoms with van der Waals surface area (Å²) < 4.78 is 1.95. The first-order valence-corrected chi connectivity index (χ1v) is 8.02. The van der Waals surface area contributed by atoms with Gasteiger partial charge in [0.05, 0.1) is 11.4 Å². The van der Waals surface area contributed by atoms with Crippen LogP contribution in [-0.4, -0.2) is 21.8 Å². The molecule has 0 radical (unpaired) electrons. The van der Waals surface area contributed by atoms with Crippen molar-refractivity contribution in [2.45, 2.75) is 26.7 Å². The highest BCUT2D eigenvalue weighted by atomic mass is 15.3. The molecule has 4 heteroatoms. The lowest BCUT2D eigenvalue weighted by Crippen LogP contribution is -2.02. The van der Waals surface area contributed by atoms with Gasteiger partial charge in [-0.25, -0.2) is 4.68 Å². The number of aryl methyl sites for hydroxylation is 1. The van der Waals surface area contributed by atoms with Gasteiger partial charge in [0.2, 0.25) is 0 Å². The molecular weight excluding hydrogens is 284 g/mol. The summed E-state index contributed by atoms with van der Waals surface area (Å²) in [5.74, 6) is 1.00. The summed E-state index contributed by atoms with van der Waals surface area (Å²) in [4.78, 5) is 4.55. The third kappa shape index (κ3) is 2.97. The fourth-order valence-corrected chi connectivity index (χ4v) is 2.79. The third-order valence-corrected chi connectivity index (χ3v) is 3.96. The van der Waals surface area contributed by atoms with Crippen molar-refractivity contribution >= 4 is 5.82 Å². The maximum absolute atomic E-state index is 4.81. The van der Waals surface area contributed by atoms with E-state index in [1.54, 1.807) is 0 Å². The first-order chi connectivity index (χ1) is 11.2. The minimum absolute atomic E-state index is 0.966. The Balaban J connectivity index is 2.05. The van der Waals surface area contributed by atoms with Gasteiger partial charge in [-0.2, -0.15) is 5.10 Å². The van der Waals surface area contributed by atoms with Crippen molar-refractivity contribution in [2.75, 3.05) is 12.4 Å². The minimum atomic E-state index is 0.966. The fourth-order valence-electron chi connectivity index (χ4n) is 2.79. The number of pyridine rings is 1. The molecule has 3 aromatic rings. The first-order valence-electron chi connectivity index (χ1n) is 8.02. The maximum Gasteiger partial charge on any atom is 0.133 e. The summed E-state index contributed by atoms with van der Waals surface area (Å²) in [5.41, 5.74) is 5.32. The highest BCUT2D eigenvalue weighted by Gasteiger charge is 2.16. The van der Waals surface area contributed by atoms with E-state index < -0.39 is 0 Å². The number of rotatable bonds is 5. The summed E-state index contributed by atoms with van der Waals surface area (Å²) in [5, 5.41) is 8.08. The second-order valence-corrected chi connectivity index (χ2v) is 5.61. The van der Waals surface area contributed by atoms with E-state index in [0.29, 0.717) is 0 Å². The Kier molecular flexibility index (Phi) is 4.42. The Morgan fingerprint density at radius 2 is 1.87 bits per heavy atom. The summed E-state index contributed by atoms with van der Waals surface area (Å²) in [6.07, 6.45) is 4.05. The number of aromatic nitrogens is 3. The highest BCUT2D eigenvalue weighted by molar-refractivity contribution is 5.69. The van der Waals surface area contributed by atoms with Crippen molar-refractivity contribution in [1.29, 1.82) is 0 Å². The van der Waals surface area contributed by atoms with Crippen LogP contribution in [0.4, 0.5) is 5.82 Å². The zero-order chi connectivity index (χ0) is 16.2. The Morgan fingerprint density at radius 3 is 2.48 bits per heavy atom. The lowest BCUT2D eigenvalue weighted by atomic mass is 10.1. The van der Waals surface area contributed by atoms with Crippen LogP contribution >= 0.6 is 0 Å². The van der Waals surface area contributed by atoms with E-state index in [4.69, 9.17) is 5.10 Å². The van der Waals surface area contributed by atoms with Crippen LogP contribution in [-0.2, 0) is 6.42 Å². The molecule has 2 aromatic heterocycles. The van der Waals surface area contributed by atoms with Gasteiger partial charge >= 0.3 is 0 Å². The van der Waals surface area contributed by atoms with E-state index in [1.165, 1.54) is 0 Å². The van der Waals surface area contributed by atoms with Crippen molar-refractivity contribution in [1.82, 2.24) is 14.8 Å². The van der Waals surface area contributed by atoms with Gasteiger partial charge in [0.1, 0.15) is 5.82 Å². The van der Waals surface area contributed by atoms with Crippen molar-refractivity contribution in [3.8, 4) is 16.9 Å². The molecule has 0 saturated carbocycles. The molecule has 0 aliphatic rings. The second kappa shape index (κ2) is 6.65. The minimum Gasteiger partial charge on any atom is -0.373 e. The number of anilines is 1. The molecule has 0 amide bonds. The van der Waals surface area contributed by atoms with Gasteiger partial charge < -0.3 is 5.32 Å². The lowest BCUT2D eigenvalue weighted by molar-refractivity contribution is 0.878. The van der Waals surface area contributed by atoms with E-state index in [0.717, 1.165) is 46.9 Å². The van der Waals surface area contributed by atoms with Crippen LogP contribution < -0.4 is 5.32 Å². The fraction of sp³-hybridized carbons (Fsp3) is 0.263. The molecule has 1 aromatic carbocycles. The van der Waals surface area contributed by atoms with Crippen LogP contribution in [0.2, 0.25) is 0 Å². The van der Waals surface area contributed by atoms with Crippen LogP contribution in [0.3, 0.4) is 0 Å². The van der Waals surface area contributed by atoms with Gasteiger partial charge in [-0.1, -0.05) is 31.5 Å². The summed E-state index contributed by atoms with van der Waals surface area (Å²) in [6.45, 7) is 4.26. The normalized spacial score (nSPS) is 10.7. The van der Waals surface area contributed by atoms with Gasteiger partial charge in [-0.05, 0) is 37.6 Å². The van der Waals surface area contributed by atoms with Crippen LogP contribution in [0, 0.1) is 6.92 Å². The molecule has 118 valence electrons. The van der Waals surface area contributed by atoms with Crippen molar-refractivity contribution in [2.24, 2.45) is 0 Å². The molecule has 0 spiro atoms. The van der Waals surface area contributed by atoms with Crippen LogP contribution in [0.25, 0.3) is 16.9 Å². The lowest BCUT2D eigenvalue weighted by Gasteiger charge is -2.06. The molecule has 0 aliphatic carbocycles. The summed E-state index contributed by atoms with van der Waals surface area (Å²) >= 11 is 0. The molecule has 0 fully saturated rings. The third-order valence-electron chi connectivity index (χ3n) is 3.96. The largest absolute Gasteiger partial charge is 0.373 e. The molecule has 0 unspecified atom stereocenters. The highest BCUT2D eigenvalue weighted by Crippen LogP contribution is 2.29. The zero-order valence-corrected chi connectivity index (χ0v) is 13.9. The number of hydrogen-bond acceptors (Lipinski definition) is 3. The van der Waals surface area contributed by atoms with E-state index in [-0.39, 0.29) is 0 Å². The molecule has 2 heterocycles. The van der Waals surface area contributed by atoms with E-state index in [9.17, 15) is 0 Å². The zero-order valence-electron chi connectivity index (χ0n) is 13.9. The standard InChI is InChI=1S/C19H22N4/c1-4-8-16-12-11-15(13-21-16)18-14(2)19(20-3)23(22-18)17-9-6-5-7-10-17/h5-7,9-13,20H,4,8H2,1-3H3. The average Bonchev–Trinajstić information content (AvgIpc) is 2.93. The van der Waals surface area contributed by atoms with Crippen LogP contribution in [0.1, 0.15) is 24.6 Å². The quantitative estimate of drug-likeness (QED) is 0.767. The average molecular weight is 306 g/mol. The smallest absolute Gasteiger partial charge is 0.133 e. The van der Waals surface area contributed by atoms with Crippen molar-refractivity contribution < 1.29 is 0 Å². The van der Waals surface area contributed by atoms with Gasteiger partial charge in [0.15, 0.2) is 0 Å². The van der Waals surface area contributed by atoms with Gasteiger partial charge in [0, 0.05) is 30.1 Å². The summed E-state index contributed by atoms with van der Waals surface area (Å²) in [6, 6.07) is 14.4. The van der Waals surface area contributed by atoms with Crippen molar-refractivity contribution in [3.63, 3.8) is 0 Å². The Bertz CT molecular complexity index is 773. The maximum atomic E-state index is 4.81. The van der Waals surface area contributed by atoms with Crippen LogP contribution in [0.5, 0.6) is 0 Å². The number of nitrogens with one attached hydrogen (secondary N) is 1. The summed E-state index contributed by atoms with van der Waals surface area (Å²) in [7, 11) is 1.93. The van der Waals surface area contributed by atoms with E-state index in [1.807, 2.05) is 36.1 Å². The number of para-hydroxylation sites is 1. The Hall–Kier alpha value is -2.62. The molecule has 0 saturated heterocycles. The molecule has 4 nitrogen and oxygen atoms in total. The molecule has 23 heavy (non-hydrogen) atoms. The predicted octanol–water partition coefficient (Wildman–Crippen LogP) is 4.24. The van der Waals surface area contributed by atoms with Gasteiger partial charge in [-0.3, -0.25) is 4.98 Å². The van der Waals surface area contributed by atoms with Crippen molar-refractivity contribution in [3.05, 3.63) is 59.9 Å². The SMILES string of the molecule is CCCc1ccc(-c2nn(-c3ccccc3)c(NC)c2C)cn1. The molecule has 0 bridgehead atoms. The second-order valence-electron chi connectivity index (χ2n) is 5.61. The molecule has 0 atom stereocenters. The van der Waals surface area contributed by atoms with Gasteiger partial charge in [0.25, 0.3) is 0 Å². The Morgan fingerprint density at radius 1 is 1.09 bits per heavy atom. The number of hydrogen-bond donors (Lipinski definition) is 1. The Labute approximate surface area is 137 Å². The number of benzene rings is 1. The topological polar surface area (TPSA) is 42.7 Å². The molecule has 3 rings (SSSR count). The van der Waals surface area contributed by atoms with Gasteiger partial charge in [-0.15, -0.1) is 0 Å². The molecular formula is C19H22N4. The predicted molar refractivity (Wildman–Crippen MR) is 95.1 cm³/mol. The first kappa shape index (κ1) is 15.3. The molecule has 1 N–H and O–H groups in total.